The Labute approximate surface area is 87.4 Å². The molecule has 0 aliphatic carbocycles. The number of hydrogen-bond acceptors (Lipinski definition) is 3. The molecule has 2 aliphatic rings. The van der Waals surface area contributed by atoms with Crippen molar-refractivity contribution in [3.63, 3.8) is 0 Å². The van der Waals surface area contributed by atoms with Gasteiger partial charge in [0, 0.05) is 37.8 Å². The van der Waals surface area contributed by atoms with E-state index in [9.17, 15) is 0 Å². The first-order chi connectivity index (χ1) is 6.58. The summed E-state index contributed by atoms with van der Waals surface area (Å²) < 4.78 is 0. The SMILES string of the molecule is CN1CCN(CC2CCN2)CC1(C)C. The van der Waals surface area contributed by atoms with Crippen LogP contribution in [0, 0.1) is 0 Å². The van der Waals surface area contributed by atoms with E-state index in [1.165, 1.54) is 39.1 Å². The zero-order chi connectivity index (χ0) is 10.2. The van der Waals surface area contributed by atoms with Crippen LogP contribution in [0.5, 0.6) is 0 Å². The van der Waals surface area contributed by atoms with Crippen LogP contribution in [0.4, 0.5) is 0 Å². The summed E-state index contributed by atoms with van der Waals surface area (Å²) in [6.07, 6.45) is 1.37. The third kappa shape index (κ3) is 2.10. The lowest BCUT2D eigenvalue weighted by Gasteiger charge is -2.47. The Hall–Kier alpha value is -0.120. The third-order valence-corrected chi connectivity index (χ3v) is 3.80. The molecular weight excluding hydrogens is 174 g/mol. The molecule has 1 atom stereocenters. The summed E-state index contributed by atoms with van der Waals surface area (Å²) in [6, 6.07) is 0.772. The molecule has 2 heterocycles. The van der Waals surface area contributed by atoms with Crippen LogP contribution in [0.25, 0.3) is 0 Å². The predicted molar refractivity (Wildman–Crippen MR) is 59.6 cm³/mol. The van der Waals surface area contributed by atoms with E-state index in [2.05, 4.69) is 36.0 Å². The summed E-state index contributed by atoms with van der Waals surface area (Å²) in [5.74, 6) is 0. The Bertz CT molecular complexity index is 199. The maximum Gasteiger partial charge on any atom is 0.0277 e. The van der Waals surface area contributed by atoms with E-state index >= 15 is 0 Å². The van der Waals surface area contributed by atoms with E-state index in [4.69, 9.17) is 0 Å². The van der Waals surface area contributed by atoms with Gasteiger partial charge in [-0.3, -0.25) is 9.80 Å². The number of hydrogen-bond donors (Lipinski definition) is 1. The molecule has 14 heavy (non-hydrogen) atoms. The van der Waals surface area contributed by atoms with Gasteiger partial charge in [0.2, 0.25) is 0 Å². The average molecular weight is 197 g/mol. The molecule has 2 fully saturated rings. The van der Waals surface area contributed by atoms with Crippen LogP contribution in [-0.2, 0) is 0 Å². The monoisotopic (exact) mass is 197 g/mol. The molecule has 2 aliphatic heterocycles. The summed E-state index contributed by atoms with van der Waals surface area (Å²) >= 11 is 0. The maximum atomic E-state index is 3.48. The molecule has 82 valence electrons. The first-order valence-electron chi connectivity index (χ1n) is 5.75. The van der Waals surface area contributed by atoms with Crippen molar-refractivity contribution in [1.82, 2.24) is 15.1 Å². The van der Waals surface area contributed by atoms with Crippen molar-refractivity contribution in [2.75, 3.05) is 39.8 Å². The molecule has 1 N–H and O–H groups in total. The highest BCUT2D eigenvalue weighted by Gasteiger charge is 2.32. The Morgan fingerprint density at radius 3 is 2.57 bits per heavy atom. The summed E-state index contributed by atoms with van der Waals surface area (Å²) in [7, 11) is 2.24. The molecule has 0 saturated carbocycles. The normalized spacial score (nSPS) is 34.1. The van der Waals surface area contributed by atoms with Crippen LogP contribution < -0.4 is 5.32 Å². The van der Waals surface area contributed by atoms with E-state index in [0.717, 1.165) is 6.04 Å². The maximum absolute atomic E-state index is 3.48. The van der Waals surface area contributed by atoms with Gasteiger partial charge in [0.15, 0.2) is 0 Å². The Morgan fingerprint density at radius 1 is 1.36 bits per heavy atom. The zero-order valence-electron chi connectivity index (χ0n) is 9.71. The van der Waals surface area contributed by atoms with Crippen LogP contribution >= 0.6 is 0 Å². The lowest BCUT2D eigenvalue weighted by molar-refractivity contribution is 0.0311. The average Bonchev–Trinajstić information content (AvgIpc) is 2.03. The second kappa shape index (κ2) is 3.80. The van der Waals surface area contributed by atoms with Crippen LogP contribution in [-0.4, -0.2) is 61.2 Å². The van der Waals surface area contributed by atoms with Gasteiger partial charge in [0.1, 0.15) is 0 Å². The Morgan fingerprint density at radius 2 is 2.07 bits per heavy atom. The first-order valence-corrected chi connectivity index (χ1v) is 5.75. The molecule has 0 amide bonds. The summed E-state index contributed by atoms with van der Waals surface area (Å²) in [5.41, 5.74) is 0.349. The topological polar surface area (TPSA) is 18.5 Å². The fraction of sp³-hybridized carbons (Fsp3) is 1.00. The molecule has 2 saturated heterocycles. The van der Waals surface area contributed by atoms with Gasteiger partial charge in [0.05, 0.1) is 0 Å². The van der Waals surface area contributed by atoms with Crippen molar-refractivity contribution < 1.29 is 0 Å². The molecule has 3 nitrogen and oxygen atoms in total. The fourth-order valence-electron chi connectivity index (χ4n) is 2.31. The van der Waals surface area contributed by atoms with E-state index in [1.54, 1.807) is 0 Å². The van der Waals surface area contributed by atoms with Crippen molar-refractivity contribution in [2.45, 2.75) is 31.8 Å². The Kier molecular flexibility index (Phi) is 2.82. The highest BCUT2D eigenvalue weighted by molar-refractivity contribution is 4.91. The van der Waals surface area contributed by atoms with Crippen molar-refractivity contribution >= 4 is 0 Å². The molecule has 0 aromatic rings. The van der Waals surface area contributed by atoms with Gasteiger partial charge in [-0.25, -0.2) is 0 Å². The summed E-state index contributed by atoms with van der Waals surface area (Å²) in [4.78, 5) is 5.08. The number of piperazine rings is 1. The summed E-state index contributed by atoms with van der Waals surface area (Å²) in [5, 5.41) is 3.48. The first kappa shape index (κ1) is 10.4. The van der Waals surface area contributed by atoms with Crippen molar-refractivity contribution in [1.29, 1.82) is 0 Å². The standard InChI is InChI=1S/C11H23N3/c1-11(2)9-14(7-6-13(11)3)8-10-4-5-12-10/h10,12H,4-9H2,1-3H3. The second-order valence-electron chi connectivity index (χ2n) is 5.41. The van der Waals surface area contributed by atoms with Gasteiger partial charge in [0.25, 0.3) is 0 Å². The van der Waals surface area contributed by atoms with E-state index in [1.807, 2.05) is 0 Å². The van der Waals surface area contributed by atoms with E-state index in [0.29, 0.717) is 5.54 Å². The largest absolute Gasteiger partial charge is 0.313 e. The minimum atomic E-state index is 0.349. The van der Waals surface area contributed by atoms with Crippen molar-refractivity contribution in [3.05, 3.63) is 0 Å². The minimum Gasteiger partial charge on any atom is -0.313 e. The van der Waals surface area contributed by atoms with E-state index in [-0.39, 0.29) is 0 Å². The van der Waals surface area contributed by atoms with Gasteiger partial charge < -0.3 is 5.32 Å². The Balaban J connectivity index is 1.83. The molecule has 1 unspecified atom stereocenters. The van der Waals surface area contributed by atoms with Gasteiger partial charge in [-0.1, -0.05) is 0 Å². The lowest BCUT2D eigenvalue weighted by Crippen LogP contribution is -2.60. The highest BCUT2D eigenvalue weighted by Crippen LogP contribution is 2.19. The molecule has 0 aromatic heterocycles. The van der Waals surface area contributed by atoms with Gasteiger partial charge in [-0.05, 0) is 33.9 Å². The number of rotatable bonds is 2. The number of nitrogens with one attached hydrogen (secondary N) is 1. The molecule has 0 spiro atoms. The molecule has 3 heteroatoms. The minimum absolute atomic E-state index is 0.349. The quantitative estimate of drug-likeness (QED) is 0.690. The van der Waals surface area contributed by atoms with Crippen LogP contribution in [0.3, 0.4) is 0 Å². The molecule has 0 bridgehead atoms. The second-order valence-corrected chi connectivity index (χ2v) is 5.41. The van der Waals surface area contributed by atoms with Crippen molar-refractivity contribution in [3.8, 4) is 0 Å². The van der Waals surface area contributed by atoms with Gasteiger partial charge in [-0.2, -0.15) is 0 Å². The molecule has 0 radical (unpaired) electrons. The van der Waals surface area contributed by atoms with E-state index < -0.39 is 0 Å². The number of nitrogens with zero attached hydrogens (tertiary/aromatic N) is 2. The highest BCUT2D eigenvalue weighted by atomic mass is 15.3. The van der Waals surface area contributed by atoms with Gasteiger partial charge in [-0.15, -0.1) is 0 Å². The molecule has 2 rings (SSSR count). The van der Waals surface area contributed by atoms with Crippen molar-refractivity contribution in [2.24, 2.45) is 0 Å². The fourth-order valence-corrected chi connectivity index (χ4v) is 2.31. The third-order valence-electron chi connectivity index (χ3n) is 3.80. The molecule has 0 aromatic carbocycles. The lowest BCUT2D eigenvalue weighted by atomic mass is 9.98. The summed E-state index contributed by atoms with van der Waals surface area (Å²) in [6.45, 7) is 10.8. The molecular formula is C11H23N3. The smallest absolute Gasteiger partial charge is 0.0277 e. The predicted octanol–water partition coefficient (Wildman–Crippen LogP) is 0.374. The van der Waals surface area contributed by atoms with Crippen LogP contribution in [0.2, 0.25) is 0 Å². The van der Waals surface area contributed by atoms with Gasteiger partial charge >= 0.3 is 0 Å². The van der Waals surface area contributed by atoms with Crippen LogP contribution in [0.15, 0.2) is 0 Å². The van der Waals surface area contributed by atoms with Crippen LogP contribution in [0.1, 0.15) is 20.3 Å². The zero-order valence-corrected chi connectivity index (χ0v) is 9.71. The number of likely N-dealkylation sites (N-methyl/N-ethyl adjacent to an activating group) is 1.